The van der Waals surface area contributed by atoms with E-state index in [0.29, 0.717) is 23.8 Å². The molecule has 1 unspecified atom stereocenters. The number of hydrogen-bond acceptors (Lipinski definition) is 4. The summed E-state index contributed by atoms with van der Waals surface area (Å²) in [4.78, 5) is 10.6. The summed E-state index contributed by atoms with van der Waals surface area (Å²) in [6, 6.07) is 5.72. The Balaban J connectivity index is 2.06. The Hall–Kier alpha value is -2.24. The molecule has 0 aliphatic heterocycles. The average Bonchev–Trinajstić information content (AvgIpc) is 2.77. The number of halogens is 1. The second-order valence-electron chi connectivity index (χ2n) is 4.42. The van der Waals surface area contributed by atoms with Gasteiger partial charge in [-0.2, -0.15) is 0 Å². The van der Waals surface area contributed by atoms with Crippen molar-refractivity contribution in [3.63, 3.8) is 0 Å². The van der Waals surface area contributed by atoms with Crippen molar-refractivity contribution in [2.45, 2.75) is 19.8 Å². The number of rotatable bonds is 5. The lowest BCUT2D eigenvalue weighted by atomic mass is 10.0. The minimum absolute atomic E-state index is 0.0499. The molecule has 0 fully saturated rings. The maximum atomic E-state index is 12.8. The third kappa shape index (κ3) is 3.61. The summed E-state index contributed by atoms with van der Waals surface area (Å²) < 4.78 is 18.2. The zero-order valence-electron chi connectivity index (χ0n) is 10.3. The zero-order valence-corrected chi connectivity index (χ0v) is 10.3. The van der Waals surface area contributed by atoms with Gasteiger partial charge in [-0.1, -0.05) is 6.92 Å². The Morgan fingerprint density at radius 3 is 2.68 bits per heavy atom. The summed E-state index contributed by atoms with van der Waals surface area (Å²) in [7, 11) is 0. The summed E-state index contributed by atoms with van der Waals surface area (Å²) >= 11 is 0. The molecule has 0 bridgehead atoms. The summed E-state index contributed by atoms with van der Waals surface area (Å²) in [5, 5.41) is 16.4. The molecule has 0 aliphatic carbocycles. The Kier molecular flexibility index (Phi) is 3.89. The molecular weight excluding hydrogens is 251 g/mol. The number of aliphatic carboxylic acids is 1. The van der Waals surface area contributed by atoms with Gasteiger partial charge in [-0.15, -0.1) is 10.2 Å². The molecule has 1 heterocycles. The van der Waals surface area contributed by atoms with Crippen LogP contribution in [-0.4, -0.2) is 21.3 Å². The molecule has 1 aromatic carbocycles. The monoisotopic (exact) mass is 264 g/mol. The molecule has 0 saturated heterocycles. The predicted octanol–water partition coefficient (Wildman–Crippen LogP) is 2.53. The van der Waals surface area contributed by atoms with Gasteiger partial charge in [-0.3, -0.25) is 4.79 Å². The van der Waals surface area contributed by atoms with Crippen LogP contribution in [0.4, 0.5) is 4.39 Å². The van der Waals surface area contributed by atoms with Gasteiger partial charge in [0, 0.05) is 18.4 Å². The third-order valence-electron chi connectivity index (χ3n) is 2.60. The largest absolute Gasteiger partial charge is 0.481 e. The lowest BCUT2D eigenvalue weighted by Crippen LogP contribution is -2.07. The second-order valence-corrected chi connectivity index (χ2v) is 4.42. The van der Waals surface area contributed by atoms with Gasteiger partial charge in [-0.25, -0.2) is 4.39 Å². The number of carboxylic acids is 1. The number of aromatic nitrogens is 2. The van der Waals surface area contributed by atoms with E-state index in [1.54, 1.807) is 19.1 Å². The first-order valence-corrected chi connectivity index (χ1v) is 5.84. The quantitative estimate of drug-likeness (QED) is 0.898. The molecule has 1 aromatic heterocycles. The highest BCUT2D eigenvalue weighted by molar-refractivity contribution is 5.66. The molecule has 2 aromatic rings. The highest BCUT2D eigenvalue weighted by atomic mass is 19.1. The van der Waals surface area contributed by atoms with Gasteiger partial charge in [0.1, 0.15) is 5.82 Å². The predicted molar refractivity (Wildman–Crippen MR) is 64.8 cm³/mol. The van der Waals surface area contributed by atoms with Crippen molar-refractivity contribution >= 4 is 5.97 Å². The molecule has 19 heavy (non-hydrogen) atoms. The third-order valence-corrected chi connectivity index (χ3v) is 2.60. The molecule has 5 nitrogen and oxygen atoms in total. The Bertz CT molecular complexity index is 566. The molecule has 0 radical (unpaired) electrons. The fourth-order valence-electron chi connectivity index (χ4n) is 1.71. The van der Waals surface area contributed by atoms with E-state index >= 15 is 0 Å². The SMILES string of the molecule is CC(CC(=O)O)Cc1nnc(-c2ccc(F)cc2)o1. The van der Waals surface area contributed by atoms with E-state index in [0.717, 1.165) is 0 Å². The number of benzene rings is 1. The van der Waals surface area contributed by atoms with E-state index < -0.39 is 5.97 Å². The summed E-state index contributed by atoms with van der Waals surface area (Å²) in [6.07, 6.45) is 0.453. The lowest BCUT2D eigenvalue weighted by molar-refractivity contribution is -0.137. The van der Waals surface area contributed by atoms with Gasteiger partial charge in [0.25, 0.3) is 0 Å². The molecule has 0 aliphatic rings. The van der Waals surface area contributed by atoms with Gasteiger partial charge >= 0.3 is 5.97 Å². The van der Waals surface area contributed by atoms with Crippen molar-refractivity contribution < 1.29 is 18.7 Å². The van der Waals surface area contributed by atoms with E-state index in [2.05, 4.69) is 10.2 Å². The maximum Gasteiger partial charge on any atom is 0.303 e. The molecule has 0 saturated carbocycles. The van der Waals surface area contributed by atoms with Crippen LogP contribution in [0.5, 0.6) is 0 Å². The molecular formula is C13H13FN2O3. The van der Waals surface area contributed by atoms with Gasteiger partial charge < -0.3 is 9.52 Å². The van der Waals surface area contributed by atoms with E-state index in [4.69, 9.17) is 9.52 Å². The summed E-state index contributed by atoms with van der Waals surface area (Å²) in [6.45, 7) is 1.80. The highest BCUT2D eigenvalue weighted by Gasteiger charge is 2.14. The van der Waals surface area contributed by atoms with Crippen molar-refractivity contribution in [2.75, 3.05) is 0 Å². The van der Waals surface area contributed by atoms with Gasteiger partial charge in [0.05, 0.1) is 0 Å². The van der Waals surface area contributed by atoms with Gasteiger partial charge in [0.2, 0.25) is 11.8 Å². The number of nitrogens with zero attached hydrogens (tertiary/aromatic N) is 2. The maximum absolute atomic E-state index is 12.8. The fourth-order valence-corrected chi connectivity index (χ4v) is 1.71. The van der Waals surface area contributed by atoms with E-state index in [-0.39, 0.29) is 18.2 Å². The Morgan fingerprint density at radius 1 is 1.37 bits per heavy atom. The van der Waals surface area contributed by atoms with Crippen molar-refractivity contribution in [2.24, 2.45) is 5.92 Å². The molecule has 1 atom stereocenters. The Labute approximate surface area is 109 Å². The van der Waals surface area contributed by atoms with Crippen LogP contribution in [0.3, 0.4) is 0 Å². The minimum Gasteiger partial charge on any atom is -0.481 e. The van der Waals surface area contributed by atoms with Crippen molar-refractivity contribution in [3.8, 4) is 11.5 Å². The molecule has 6 heteroatoms. The molecule has 2 rings (SSSR count). The van der Waals surface area contributed by atoms with Gasteiger partial charge in [-0.05, 0) is 30.2 Å². The summed E-state index contributed by atoms with van der Waals surface area (Å²) in [5.74, 6) is -0.589. The topological polar surface area (TPSA) is 76.2 Å². The first kappa shape index (κ1) is 13.2. The molecule has 0 spiro atoms. The smallest absolute Gasteiger partial charge is 0.303 e. The van der Waals surface area contributed by atoms with Gasteiger partial charge in [0.15, 0.2) is 0 Å². The van der Waals surface area contributed by atoms with Crippen molar-refractivity contribution in [3.05, 3.63) is 36.0 Å². The Morgan fingerprint density at radius 2 is 2.05 bits per heavy atom. The van der Waals surface area contributed by atoms with Crippen LogP contribution in [0.1, 0.15) is 19.2 Å². The van der Waals surface area contributed by atoms with E-state index in [1.807, 2.05) is 0 Å². The van der Waals surface area contributed by atoms with E-state index in [1.165, 1.54) is 12.1 Å². The lowest BCUT2D eigenvalue weighted by Gasteiger charge is -2.03. The normalized spacial score (nSPS) is 12.3. The number of hydrogen-bond donors (Lipinski definition) is 1. The molecule has 100 valence electrons. The first-order chi connectivity index (χ1) is 9.04. The van der Waals surface area contributed by atoms with Crippen LogP contribution >= 0.6 is 0 Å². The number of carbonyl (C=O) groups is 1. The standard InChI is InChI=1S/C13H13FN2O3/c1-8(7-12(17)18)6-11-15-16-13(19-11)9-2-4-10(14)5-3-9/h2-5,8H,6-7H2,1H3,(H,17,18). The van der Waals surface area contributed by atoms with Crippen molar-refractivity contribution in [1.82, 2.24) is 10.2 Å². The first-order valence-electron chi connectivity index (χ1n) is 5.84. The van der Waals surface area contributed by atoms with E-state index in [9.17, 15) is 9.18 Å². The molecule has 0 amide bonds. The van der Waals surface area contributed by atoms with Crippen LogP contribution in [0, 0.1) is 11.7 Å². The van der Waals surface area contributed by atoms with Crippen LogP contribution in [-0.2, 0) is 11.2 Å². The van der Waals surface area contributed by atoms with Crippen LogP contribution in [0.15, 0.2) is 28.7 Å². The van der Waals surface area contributed by atoms with Crippen LogP contribution < -0.4 is 0 Å². The highest BCUT2D eigenvalue weighted by Crippen LogP contribution is 2.19. The molecule has 1 N–H and O–H groups in total. The number of carboxylic acid groups (broad SMARTS) is 1. The van der Waals surface area contributed by atoms with Crippen LogP contribution in [0.2, 0.25) is 0 Å². The second kappa shape index (κ2) is 5.60. The fraction of sp³-hybridized carbons (Fsp3) is 0.308. The average molecular weight is 264 g/mol. The van der Waals surface area contributed by atoms with Crippen LogP contribution in [0.25, 0.3) is 11.5 Å². The zero-order chi connectivity index (χ0) is 13.8. The van der Waals surface area contributed by atoms with Crippen molar-refractivity contribution in [1.29, 1.82) is 0 Å². The minimum atomic E-state index is -0.856. The summed E-state index contributed by atoms with van der Waals surface area (Å²) in [5.41, 5.74) is 0.631.